The van der Waals surface area contributed by atoms with Gasteiger partial charge in [-0.1, -0.05) is 44.5 Å². The second-order valence-electron chi connectivity index (χ2n) is 7.95. The van der Waals surface area contributed by atoms with E-state index in [0.29, 0.717) is 6.42 Å². The molecule has 0 heterocycles. The van der Waals surface area contributed by atoms with Crippen LogP contribution in [0.5, 0.6) is 0 Å². The topological polar surface area (TPSA) is 78.2 Å². The van der Waals surface area contributed by atoms with Crippen molar-refractivity contribution in [2.24, 2.45) is 5.11 Å². The first-order valence-corrected chi connectivity index (χ1v) is 10.8. The summed E-state index contributed by atoms with van der Waals surface area (Å²) in [7, 11) is -1.93. The predicted octanol–water partition coefficient (Wildman–Crippen LogP) is 5.18. The van der Waals surface area contributed by atoms with Crippen LogP contribution in [0.1, 0.15) is 54.4 Å². The van der Waals surface area contributed by atoms with Crippen molar-refractivity contribution in [2.75, 3.05) is 6.61 Å². The molecule has 0 aromatic rings. The van der Waals surface area contributed by atoms with Gasteiger partial charge in [-0.25, -0.2) is 0 Å². The number of azide groups is 1. The van der Waals surface area contributed by atoms with Crippen LogP contribution in [-0.4, -0.2) is 31.7 Å². The summed E-state index contributed by atoms with van der Waals surface area (Å²) >= 11 is 0. The molecule has 0 bridgehead atoms. The lowest BCUT2D eigenvalue weighted by atomic mass is 9.90. The summed E-state index contributed by atoms with van der Waals surface area (Å²) in [5, 5.41) is 14.4. The van der Waals surface area contributed by atoms with E-state index in [4.69, 9.17) is 9.96 Å². The molecule has 0 aliphatic rings. The normalized spacial score (nSPS) is 16.4. The molecule has 0 aliphatic heterocycles. The average Bonchev–Trinajstić information content (AvgIpc) is 2.34. The maximum atomic E-state index is 10.5. The minimum atomic E-state index is -1.93. The summed E-state index contributed by atoms with van der Waals surface area (Å²) in [6, 6.07) is 0. The summed E-state index contributed by atoms with van der Waals surface area (Å²) < 4.78 is 6.07. The van der Waals surface area contributed by atoms with E-state index in [1.54, 1.807) is 6.92 Å². The Balaban J connectivity index is 4.90. The number of allylic oxidation sites excluding steroid dienone is 2. The van der Waals surface area contributed by atoms with Crippen molar-refractivity contribution in [2.45, 2.75) is 84.2 Å². The number of aliphatic hydroxyl groups excluding tert-OH is 1. The van der Waals surface area contributed by atoms with Crippen molar-refractivity contribution in [3.05, 3.63) is 22.1 Å². The van der Waals surface area contributed by atoms with E-state index >= 15 is 0 Å². The molecule has 0 spiro atoms. The quantitative estimate of drug-likeness (QED) is 0.219. The molecule has 22 heavy (non-hydrogen) atoms. The first kappa shape index (κ1) is 21.2. The first-order chi connectivity index (χ1) is 9.85. The van der Waals surface area contributed by atoms with E-state index < -0.39 is 20.0 Å². The van der Waals surface area contributed by atoms with Gasteiger partial charge in [-0.05, 0) is 50.4 Å². The van der Waals surface area contributed by atoms with Crippen LogP contribution in [0.4, 0.5) is 0 Å². The average molecular weight is 328 g/mol. The molecule has 0 aromatic heterocycles. The van der Waals surface area contributed by atoms with Crippen LogP contribution in [0.15, 0.2) is 16.8 Å². The zero-order chi connectivity index (χ0) is 17.6. The van der Waals surface area contributed by atoms with Crippen LogP contribution in [-0.2, 0) is 4.43 Å². The molecule has 128 valence electrons. The number of aliphatic hydroxyl groups is 1. The van der Waals surface area contributed by atoms with Crippen molar-refractivity contribution in [1.82, 2.24) is 0 Å². The van der Waals surface area contributed by atoms with E-state index in [1.165, 1.54) is 5.57 Å². The molecule has 5 nitrogen and oxygen atoms in total. The third-order valence-electron chi connectivity index (χ3n) is 4.60. The maximum Gasteiger partial charge on any atom is 0.192 e. The molecule has 0 aliphatic carbocycles. The van der Waals surface area contributed by atoms with Crippen LogP contribution in [0.25, 0.3) is 10.4 Å². The molecule has 0 saturated carbocycles. The first-order valence-electron chi connectivity index (χ1n) is 7.87. The zero-order valence-corrected chi connectivity index (χ0v) is 16.5. The highest BCUT2D eigenvalue weighted by Crippen LogP contribution is 2.37. The highest BCUT2D eigenvalue weighted by atomic mass is 28.4. The number of rotatable bonds is 8. The van der Waals surface area contributed by atoms with Crippen LogP contribution in [0, 0.1) is 0 Å². The second kappa shape index (κ2) is 8.16. The van der Waals surface area contributed by atoms with Crippen molar-refractivity contribution in [1.29, 1.82) is 0 Å². The summed E-state index contributed by atoms with van der Waals surface area (Å²) in [6.45, 7) is 16.8. The molecule has 6 heteroatoms. The fourth-order valence-corrected chi connectivity index (χ4v) is 2.73. The third kappa shape index (κ3) is 6.52. The van der Waals surface area contributed by atoms with Gasteiger partial charge in [0.1, 0.15) is 0 Å². The highest BCUT2D eigenvalue weighted by Gasteiger charge is 2.39. The van der Waals surface area contributed by atoms with Crippen LogP contribution < -0.4 is 0 Å². The molecular formula is C16H33N3O2Si. The summed E-state index contributed by atoms with van der Waals surface area (Å²) in [5.41, 5.74) is 9.19. The lowest BCUT2D eigenvalue weighted by molar-refractivity contribution is 0.0389. The molecule has 2 atom stereocenters. The van der Waals surface area contributed by atoms with Crippen molar-refractivity contribution in [3.8, 4) is 0 Å². The van der Waals surface area contributed by atoms with Gasteiger partial charge in [0.05, 0.1) is 18.2 Å². The van der Waals surface area contributed by atoms with Crippen molar-refractivity contribution in [3.63, 3.8) is 0 Å². The van der Waals surface area contributed by atoms with Crippen LogP contribution in [0.3, 0.4) is 0 Å². The Labute approximate surface area is 136 Å². The van der Waals surface area contributed by atoms with E-state index in [9.17, 15) is 5.11 Å². The maximum absolute atomic E-state index is 10.5. The number of hydrogen-bond donors (Lipinski definition) is 1. The molecule has 1 N–H and O–H groups in total. The number of hydrogen-bond acceptors (Lipinski definition) is 3. The zero-order valence-electron chi connectivity index (χ0n) is 15.5. The third-order valence-corrected chi connectivity index (χ3v) is 9.10. The molecule has 0 aromatic carbocycles. The number of nitrogens with zero attached hydrogens (tertiary/aromatic N) is 3. The van der Waals surface area contributed by atoms with Crippen LogP contribution in [0.2, 0.25) is 18.1 Å². The van der Waals surface area contributed by atoms with Gasteiger partial charge in [0, 0.05) is 4.91 Å². The van der Waals surface area contributed by atoms with Gasteiger partial charge in [-0.15, -0.1) is 0 Å². The van der Waals surface area contributed by atoms with E-state index in [-0.39, 0.29) is 11.6 Å². The lowest BCUT2D eigenvalue weighted by Gasteiger charge is -2.38. The van der Waals surface area contributed by atoms with Gasteiger partial charge in [0.2, 0.25) is 0 Å². The predicted molar refractivity (Wildman–Crippen MR) is 95.4 cm³/mol. The standard InChI is InChI=1S/C16H33N3O2Si/c1-13(2)10-9-11-16(6,18-19-17)14(20)12-21-22(7,8)15(3,4)5/h10,14,20H,9,11-12H2,1-8H3/t14-,16-/m1/s1. The lowest BCUT2D eigenvalue weighted by Crippen LogP contribution is -2.47. The molecule has 0 amide bonds. The van der Waals surface area contributed by atoms with Crippen molar-refractivity contribution >= 4 is 8.32 Å². The fraction of sp³-hybridized carbons (Fsp3) is 0.875. The highest BCUT2D eigenvalue weighted by molar-refractivity contribution is 6.74. The van der Waals surface area contributed by atoms with E-state index in [1.807, 2.05) is 13.8 Å². The Morgan fingerprint density at radius 2 is 1.86 bits per heavy atom. The van der Waals surface area contributed by atoms with Crippen LogP contribution >= 0.6 is 0 Å². The molecule has 0 radical (unpaired) electrons. The Morgan fingerprint density at radius 1 is 1.32 bits per heavy atom. The van der Waals surface area contributed by atoms with Gasteiger partial charge < -0.3 is 9.53 Å². The van der Waals surface area contributed by atoms with E-state index in [2.05, 4.69) is 50.0 Å². The van der Waals surface area contributed by atoms with Gasteiger partial charge >= 0.3 is 0 Å². The Morgan fingerprint density at radius 3 is 2.27 bits per heavy atom. The fourth-order valence-electron chi connectivity index (χ4n) is 1.72. The van der Waals surface area contributed by atoms with Gasteiger partial charge in [0.15, 0.2) is 8.32 Å². The van der Waals surface area contributed by atoms with Crippen molar-refractivity contribution < 1.29 is 9.53 Å². The second-order valence-corrected chi connectivity index (χ2v) is 12.8. The molecular weight excluding hydrogens is 294 g/mol. The molecule has 0 saturated heterocycles. The molecule has 0 fully saturated rings. The Bertz CT molecular complexity index is 433. The summed E-state index contributed by atoms with van der Waals surface area (Å²) in [6.07, 6.45) is 2.66. The van der Waals surface area contributed by atoms with Gasteiger partial charge in [0.25, 0.3) is 0 Å². The van der Waals surface area contributed by atoms with Gasteiger partial charge in [-0.2, -0.15) is 0 Å². The Kier molecular flexibility index (Phi) is 7.85. The SMILES string of the molecule is CC(C)=CCC[C@@](C)(N=[N+]=[N-])[C@H](O)CO[Si](C)(C)C(C)(C)C. The minimum absolute atomic E-state index is 0.0870. The molecule has 0 unspecified atom stereocenters. The largest absolute Gasteiger partial charge is 0.414 e. The monoisotopic (exact) mass is 327 g/mol. The smallest absolute Gasteiger partial charge is 0.192 e. The van der Waals surface area contributed by atoms with E-state index in [0.717, 1.165) is 6.42 Å². The van der Waals surface area contributed by atoms with Gasteiger partial charge in [-0.3, -0.25) is 0 Å². The summed E-state index contributed by atoms with van der Waals surface area (Å²) in [4.78, 5) is 2.92. The Hall–Kier alpha value is -0.813. The molecule has 0 rings (SSSR count). The minimum Gasteiger partial charge on any atom is -0.414 e. The summed E-state index contributed by atoms with van der Waals surface area (Å²) in [5.74, 6) is 0.